The van der Waals surface area contributed by atoms with Gasteiger partial charge in [0.1, 0.15) is 11.5 Å². The Hall–Kier alpha value is -1.23. The zero-order chi connectivity index (χ0) is 13.7. The van der Waals surface area contributed by atoms with E-state index in [0.717, 1.165) is 25.3 Å². The number of carbonyl (C=O) groups excluding carboxylic acids is 1. The van der Waals surface area contributed by atoms with Crippen LogP contribution in [0.1, 0.15) is 36.7 Å². The molecule has 0 atom stereocenters. The van der Waals surface area contributed by atoms with Crippen LogP contribution in [-0.2, 0) is 0 Å². The Bertz CT molecular complexity index is 446. The molecule has 19 heavy (non-hydrogen) atoms. The molecule has 1 fully saturated rings. The molecule has 2 rings (SSSR count). The smallest absolute Gasteiger partial charge is 0.270 e. The minimum atomic E-state index is -0.0829. The van der Waals surface area contributed by atoms with Crippen molar-refractivity contribution < 1.29 is 4.79 Å². The third-order valence-electron chi connectivity index (χ3n) is 3.35. The maximum absolute atomic E-state index is 12.1. The fourth-order valence-electron chi connectivity index (χ4n) is 1.84. The molecule has 5 heteroatoms. The van der Waals surface area contributed by atoms with Crippen molar-refractivity contribution in [1.82, 2.24) is 10.3 Å². The van der Waals surface area contributed by atoms with E-state index in [-0.39, 0.29) is 10.7 Å². The third-order valence-corrected chi connectivity index (χ3v) is 4.77. The highest BCUT2D eigenvalue weighted by Gasteiger charge is 2.41. The van der Waals surface area contributed by atoms with Gasteiger partial charge in [0.15, 0.2) is 0 Å². The van der Waals surface area contributed by atoms with Gasteiger partial charge in [0.2, 0.25) is 0 Å². The van der Waals surface area contributed by atoms with E-state index in [2.05, 4.69) is 28.8 Å². The average molecular weight is 279 g/mol. The summed E-state index contributed by atoms with van der Waals surface area (Å²) in [7, 11) is 0. The molecule has 4 nitrogen and oxygen atoms in total. The summed E-state index contributed by atoms with van der Waals surface area (Å²) in [5.41, 5.74) is 0.484. The quantitative estimate of drug-likeness (QED) is 0.805. The van der Waals surface area contributed by atoms with Crippen LogP contribution in [0.15, 0.2) is 18.2 Å². The van der Waals surface area contributed by atoms with Gasteiger partial charge < -0.3 is 10.6 Å². The Morgan fingerprint density at radius 3 is 2.89 bits per heavy atom. The Balaban J connectivity index is 1.91. The minimum Gasteiger partial charge on any atom is -0.370 e. The molecule has 1 aromatic heterocycles. The molecular formula is C14H21N3OS. The molecule has 0 radical (unpaired) electrons. The summed E-state index contributed by atoms with van der Waals surface area (Å²) in [5.74, 6) is 0.681. The second kappa shape index (κ2) is 6.28. The number of carbonyl (C=O) groups is 1. The van der Waals surface area contributed by atoms with Crippen LogP contribution in [-0.4, -0.2) is 35.0 Å². The van der Waals surface area contributed by atoms with Crippen LogP contribution >= 0.6 is 11.8 Å². The standard InChI is InChI=1S/C14H21N3OS/c1-3-9-15-12-6-4-5-11(17-12)13(18)16-10-14(19-2)7-8-14/h4-6H,3,7-10H2,1-2H3,(H,15,17)(H,16,18). The number of nitrogens with zero attached hydrogens (tertiary/aromatic N) is 1. The molecule has 1 aliphatic rings. The summed E-state index contributed by atoms with van der Waals surface area (Å²) < 4.78 is 0.285. The van der Waals surface area contributed by atoms with E-state index < -0.39 is 0 Å². The molecule has 0 unspecified atom stereocenters. The molecule has 0 saturated heterocycles. The van der Waals surface area contributed by atoms with Crippen LogP contribution in [0.2, 0.25) is 0 Å². The minimum absolute atomic E-state index is 0.0829. The molecule has 0 bridgehead atoms. The largest absolute Gasteiger partial charge is 0.370 e. The molecular weight excluding hydrogens is 258 g/mol. The fraction of sp³-hybridized carbons (Fsp3) is 0.571. The van der Waals surface area contributed by atoms with E-state index in [9.17, 15) is 4.79 Å². The second-order valence-electron chi connectivity index (χ2n) is 4.90. The van der Waals surface area contributed by atoms with Gasteiger partial charge in [-0.1, -0.05) is 13.0 Å². The SMILES string of the molecule is CCCNc1cccc(C(=O)NCC2(SC)CC2)n1. The zero-order valence-corrected chi connectivity index (χ0v) is 12.3. The van der Waals surface area contributed by atoms with Gasteiger partial charge >= 0.3 is 0 Å². The summed E-state index contributed by atoms with van der Waals surface area (Å²) in [4.78, 5) is 16.4. The van der Waals surface area contributed by atoms with Crippen LogP contribution in [0.4, 0.5) is 5.82 Å². The first kappa shape index (κ1) is 14.2. The summed E-state index contributed by atoms with van der Waals surface area (Å²) in [5, 5.41) is 6.18. The van der Waals surface area contributed by atoms with Gasteiger partial charge in [0.05, 0.1) is 0 Å². The van der Waals surface area contributed by atoms with Gasteiger partial charge in [-0.05, 0) is 37.7 Å². The maximum Gasteiger partial charge on any atom is 0.270 e. The molecule has 0 aromatic carbocycles. The number of pyridine rings is 1. The van der Waals surface area contributed by atoms with Gasteiger partial charge in [0, 0.05) is 17.8 Å². The van der Waals surface area contributed by atoms with Gasteiger partial charge in [0.25, 0.3) is 5.91 Å². The number of nitrogens with one attached hydrogen (secondary N) is 2. The average Bonchev–Trinajstić information content (AvgIpc) is 3.23. The molecule has 1 aliphatic carbocycles. The van der Waals surface area contributed by atoms with Crippen molar-refractivity contribution in [2.24, 2.45) is 0 Å². The molecule has 104 valence electrons. The van der Waals surface area contributed by atoms with Crippen molar-refractivity contribution in [1.29, 1.82) is 0 Å². The second-order valence-corrected chi connectivity index (χ2v) is 6.18. The molecule has 1 saturated carbocycles. The zero-order valence-electron chi connectivity index (χ0n) is 11.5. The lowest BCUT2D eigenvalue weighted by Crippen LogP contribution is -2.32. The highest BCUT2D eigenvalue weighted by atomic mass is 32.2. The van der Waals surface area contributed by atoms with Gasteiger partial charge in [-0.2, -0.15) is 11.8 Å². The normalized spacial score (nSPS) is 15.9. The Morgan fingerprint density at radius 2 is 2.26 bits per heavy atom. The van der Waals surface area contributed by atoms with E-state index in [1.807, 2.05) is 23.9 Å². The number of anilines is 1. The van der Waals surface area contributed by atoms with Crippen LogP contribution in [0.25, 0.3) is 0 Å². The highest BCUT2D eigenvalue weighted by Crippen LogP contribution is 2.46. The summed E-state index contributed by atoms with van der Waals surface area (Å²) in [6.07, 6.45) is 5.53. The summed E-state index contributed by atoms with van der Waals surface area (Å²) >= 11 is 1.84. The Morgan fingerprint density at radius 1 is 1.47 bits per heavy atom. The summed E-state index contributed by atoms with van der Waals surface area (Å²) in [6.45, 7) is 3.70. The van der Waals surface area contributed by atoms with E-state index in [0.29, 0.717) is 5.69 Å². The van der Waals surface area contributed by atoms with Crippen molar-refractivity contribution in [2.75, 3.05) is 24.7 Å². The van der Waals surface area contributed by atoms with Gasteiger partial charge in [-0.3, -0.25) is 4.79 Å². The first-order valence-electron chi connectivity index (χ1n) is 6.73. The van der Waals surface area contributed by atoms with E-state index in [1.165, 1.54) is 12.8 Å². The molecule has 1 aromatic rings. The molecule has 0 aliphatic heterocycles. The van der Waals surface area contributed by atoms with E-state index in [4.69, 9.17) is 0 Å². The van der Waals surface area contributed by atoms with Gasteiger partial charge in [-0.25, -0.2) is 4.98 Å². The number of thioether (sulfide) groups is 1. The molecule has 0 spiro atoms. The number of hydrogen-bond donors (Lipinski definition) is 2. The topological polar surface area (TPSA) is 54.0 Å². The first-order valence-corrected chi connectivity index (χ1v) is 7.96. The van der Waals surface area contributed by atoms with Crippen molar-refractivity contribution in [3.63, 3.8) is 0 Å². The maximum atomic E-state index is 12.1. The Labute approximate surface area is 118 Å². The van der Waals surface area contributed by atoms with E-state index >= 15 is 0 Å². The van der Waals surface area contributed by atoms with Crippen molar-refractivity contribution in [3.8, 4) is 0 Å². The predicted octanol–water partition coefficient (Wildman–Crippen LogP) is 2.53. The van der Waals surface area contributed by atoms with Crippen LogP contribution in [0, 0.1) is 0 Å². The summed E-state index contributed by atoms with van der Waals surface area (Å²) in [6, 6.07) is 5.50. The van der Waals surface area contributed by atoms with Crippen LogP contribution in [0.3, 0.4) is 0 Å². The molecule has 2 N–H and O–H groups in total. The Kier molecular flexibility index (Phi) is 4.69. The van der Waals surface area contributed by atoms with Crippen LogP contribution in [0.5, 0.6) is 0 Å². The predicted molar refractivity (Wildman–Crippen MR) is 80.8 cm³/mol. The fourth-order valence-corrected chi connectivity index (χ4v) is 2.56. The van der Waals surface area contributed by atoms with Crippen molar-refractivity contribution in [2.45, 2.75) is 30.9 Å². The van der Waals surface area contributed by atoms with Crippen molar-refractivity contribution in [3.05, 3.63) is 23.9 Å². The number of amides is 1. The lowest BCUT2D eigenvalue weighted by molar-refractivity contribution is 0.0948. The molecule has 1 heterocycles. The lowest BCUT2D eigenvalue weighted by Gasteiger charge is -2.13. The highest BCUT2D eigenvalue weighted by molar-refractivity contribution is 8.00. The monoisotopic (exact) mass is 279 g/mol. The number of hydrogen-bond acceptors (Lipinski definition) is 4. The first-order chi connectivity index (χ1) is 9.19. The lowest BCUT2D eigenvalue weighted by atomic mass is 10.3. The third kappa shape index (κ3) is 3.86. The van der Waals surface area contributed by atoms with Gasteiger partial charge in [-0.15, -0.1) is 0 Å². The van der Waals surface area contributed by atoms with Crippen LogP contribution < -0.4 is 10.6 Å². The molecule has 1 amide bonds. The number of rotatable bonds is 7. The van der Waals surface area contributed by atoms with E-state index in [1.54, 1.807) is 6.07 Å². The number of aromatic nitrogens is 1. The van der Waals surface area contributed by atoms with Crippen molar-refractivity contribution >= 4 is 23.5 Å².